The van der Waals surface area contributed by atoms with Crippen LogP contribution in [0.15, 0.2) is 24.3 Å². The van der Waals surface area contributed by atoms with Crippen molar-refractivity contribution in [2.24, 2.45) is 11.3 Å². The molecule has 0 bridgehead atoms. The molecule has 1 aliphatic rings. The lowest BCUT2D eigenvalue weighted by Gasteiger charge is -2.43. The van der Waals surface area contributed by atoms with Crippen LogP contribution in [0.2, 0.25) is 0 Å². The van der Waals surface area contributed by atoms with Crippen LogP contribution in [0.3, 0.4) is 0 Å². The van der Waals surface area contributed by atoms with Gasteiger partial charge in [-0.15, -0.1) is 12.6 Å². The fourth-order valence-electron chi connectivity index (χ4n) is 4.10. The molecule has 1 fully saturated rings. The van der Waals surface area contributed by atoms with Gasteiger partial charge >= 0.3 is 0 Å². The summed E-state index contributed by atoms with van der Waals surface area (Å²) in [5.74, 6) is -1.94. The second-order valence-corrected chi connectivity index (χ2v) is 8.63. The summed E-state index contributed by atoms with van der Waals surface area (Å²) >= 11 is 4.05. The van der Waals surface area contributed by atoms with Gasteiger partial charge in [-0.2, -0.15) is 0 Å². The van der Waals surface area contributed by atoms with E-state index in [2.05, 4.69) is 12.6 Å². The first kappa shape index (κ1) is 22.6. The molecule has 1 aromatic carbocycles. The molecule has 154 valence electrons. The van der Waals surface area contributed by atoms with Crippen molar-refractivity contribution < 1.29 is 18.8 Å². The van der Waals surface area contributed by atoms with Crippen LogP contribution < -0.4 is 0 Å². The molecule has 1 saturated heterocycles. The Hall–Kier alpha value is -1.69. The average Bonchev–Trinajstić information content (AvgIpc) is 2.68. The molecule has 6 heteroatoms. The minimum absolute atomic E-state index is 0.229. The number of halogens is 1. The van der Waals surface area contributed by atoms with Gasteiger partial charge in [-0.3, -0.25) is 14.4 Å². The third kappa shape index (κ3) is 4.48. The number of hydrogen-bond donors (Lipinski definition) is 1. The van der Waals surface area contributed by atoms with Crippen LogP contribution in [0.1, 0.15) is 64.9 Å². The third-order valence-corrected chi connectivity index (χ3v) is 6.41. The number of likely N-dealkylation sites (tertiary alicyclic amines) is 1. The van der Waals surface area contributed by atoms with Crippen LogP contribution in [0, 0.1) is 17.2 Å². The van der Waals surface area contributed by atoms with Gasteiger partial charge in [0.25, 0.3) is 5.91 Å². The van der Waals surface area contributed by atoms with E-state index >= 15 is 0 Å². The van der Waals surface area contributed by atoms with Gasteiger partial charge in [-0.1, -0.05) is 45.9 Å². The SMILES string of the molecule is CCC(c1ccccc1F)C1CCCN(C(=O)C(=O)C(C)(C)CC)C1C(=O)S. The second-order valence-electron chi connectivity index (χ2n) is 8.19. The normalized spacial score (nSPS) is 21.3. The van der Waals surface area contributed by atoms with Crippen molar-refractivity contribution in [1.29, 1.82) is 0 Å². The van der Waals surface area contributed by atoms with Crippen molar-refractivity contribution in [2.75, 3.05) is 6.54 Å². The summed E-state index contributed by atoms with van der Waals surface area (Å²) in [4.78, 5) is 39.6. The molecule has 1 heterocycles. The maximum Gasteiger partial charge on any atom is 0.291 e. The number of amides is 1. The first-order chi connectivity index (χ1) is 13.2. The number of ketones is 1. The monoisotopic (exact) mass is 407 g/mol. The Labute approximate surface area is 172 Å². The maximum absolute atomic E-state index is 14.5. The first-order valence-electron chi connectivity index (χ1n) is 9.98. The zero-order valence-electron chi connectivity index (χ0n) is 17.1. The number of Topliss-reactive ketones (excluding diaryl/α,β-unsaturated/α-hetero) is 1. The van der Waals surface area contributed by atoms with Gasteiger partial charge in [0, 0.05) is 12.0 Å². The number of carbonyl (C=O) groups is 3. The Morgan fingerprint density at radius 3 is 2.43 bits per heavy atom. The van der Waals surface area contributed by atoms with Crippen LogP contribution in [-0.4, -0.2) is 34.3 Å². The van der Waals surface area contributed by atoms with Crippen molar-refractivity contribution in [3.8, 4) is 0 Å². The Morgan fingerprint density at radius 1 is 1.25 bits per heavy atom. The van der Waals surface area contributed by atoms with Gasteiger partial charge in [0.05, 0.1) is 0 Å². The number of rotatable bonds is 7. The van der Waals surface area contributed by atoms with Gasteiger partial charge in [-0.25, -0.2) is 4.39 Å². The molecule has 3 atom stereocenters. The second kappa shape index (κ2) is 9.21. The van der Waals surface area contributed by atoms with Crippen molar-refractivity contribution in [1.82, 2.24) is 4.90 Å². The molecular weight excluding hydrogens is 377 g/mol. The van der Waals surface area contributed by atoms with Crippen LogP contribution >= 0.6 is 12.6 Å². The fraction of sp³-hybridized carbons (Fsp3) is 0.591. The highest BCUT2D eigenvalue weighted by Gasteiger charge is 2.45. The van der Waals surface area contributed by atoms with Crippen molar-refractivity contribution in [2.45, 2.75) is 65.3 Å². The Morgan fingerprint density at radius 2 is 1.89 bits per heavy atom. The zero-order valence-corrected chi connectivity index (χ0v) is 18.0. The minimum atomic E-state index is -0.828. The topological polar surface area (TPSA) is 54.5 Å². The molecular formula is C22H30FNO3S. The average molecular weight is 408 g/mol. The van der Waals surface area contributed by atoms with Gasteiger partial charge < -0.3 is 4.90 Å². The lowest BCUT2D eigenvalue weighted by molar-refractivity contribution is -0.154. The van der Waals surface area contributed by atoms with E-state index in [0.717, 1.165) is 0 Å². The van der Waals surface area contributed by atoms with Gasteiger partial charge in [0.2, 0.25) is 10.9 Å². The summed E-state index contributed by atoms with van der Waals surface area (Å²) in [5, 5.41) is -0.449. The molecule has 0 aliphatic carbocycles. The largest absolute Gasteiger partial charge is 0.325 e. The lowest BCUT2D eigenvalue weighted by Crippen LogP contribution is -2.56. The molecule has 4 nitrogen and oxygen atoms in total. The van der Waals surface area contributed by atoms with E-state index in [-0.39, 0.29) is 17.7 Å². The molecule has 0 spiro atoms. The van der Waals surface area contributed by atoms with E-state index < -0.39 is 28.3 Å². The lowest BCUT2D eigenvalue weighted by atomic mass is 9.74. The molecule has 0 aromatic heterocycles. The maximum atomic E-state index is 14.5. The number of nitrogens with zero attached hydrogens (tertiary/aromatic N) is 1. The van der Waals surface area contributed by atoms with Crippen molar-refractivity contribution in [3.05, 3.63) is 35.6 Å². The highest BCUT2D eigenvalue weighted by atomic mass is 32.1. The Bertz CT molecular complexity index is 749. The van der Waals surface area contributed by atoms with E-state index in [1.807, 2.05) is 13.8 Å². The van der Waals surface area contributed by atoms with E-state index in [1.54, 1.807) is 32.0 Å². The van der Waals surface area contributed by atoms with Gasteiger partial charge in [-0.05, 0) is 49.1 Å². The summed E-state index contributed by atoms with van der Waals surface area (Å²) in [7, 11) is 0. The summed E-state index contributed by atoms with van der Waals surface area (Å²) in [6.07, 6.45) is 2.50. The molecule has 1 amide bonds. The predicted octanol–water partition coefficient (Wildman–Crippen LogP) is 4.39. The van der Waals surface area contributed by atoms with Gasteiger partial charge in [0.15, 0.2) is 0 Å². The molecule has 28 heavy (non-hydrogen) atoms. The number of benzene rings is 1. The minimum Gasteiger partial charge on any atom is -0.325 e. The molecule has 0 saturated carbocycles. The molecule has 0 N–H and O–H groups in total. The molecule has 1 aromatic rings. The molecule has 1 aliphatic heterocycles. The summed E-state index contributed by atoms with van der Waals surface area (Å²) in [6.45, 7) is 7.62. The Kier molecular flexibility index (Phi) is 7.43. The zero-order chi connectivity index (χ0) is 21.1. The number of carbonyl (C=O) groups excluding carboxylic acids is 3. The number of piperidine rings is 1. The fourth-order valence-corrected chi connectivity index (χ4v) is 4.43. The van der Waals surface area contributed by atoms with E-state index in [0.29, 0.717) is 37.8 Å². The van der Waals surface area contributed by atoms with Crippen LogP contribution in [0.4, 0.5) is 4.39 Å². The van der Waals surface area contributed by atoms with Crippen LogP contribution in [0.5, 0.6) is 0 Å². The predicted molar refractivity (Wildman–Crippen MR) is 111 cm³/mol. The van der Waals surface area contributed by atoms with E-state index in [1.165, 1.54) is 11.0 Å². The smallest absolute Gasteiger partial charge is 0.291 e. The highest BCUT2D eigenvalue weighted by Crippen LogP contribution is 2.40. The standard InChI is InChI=1S/C22H30FNO3S/c1-5-14(15-10-7-8-12-17(15)23)16-11-9-13-24(18(16)21(27)28)20(26)19(25)22(3,4)6-2/h7-8,10,12,14,16,18H,5-6,9,11,13H2,1-4H3,(H,27,28). The molecule has 0 radical (unpaired) electrons. The van der Waals surface area contributed by atoms with E-state index in [4.69, 9.17) is 0 Å². The highest BCUT2D eigenvalue weighted by molar-refractivity contribution is 7.96. The number of thiol groups is 1. The summed E-state index contributed by atoms with van der Waals surface area (Å²) in [5.41, 5.74) is -0.242. The third-order valence-electron chi connectivity index (χ3n) is 6.15. The summed E-state index contributed by atoms with van der Waals surface area (Å²) in [6, 6.07) is 5.72. The van der Waals surface area contributed by atoms with E-state index in [9.17, 15) is 18.8 Å². The number of hydrogen-bond acceptors (Lipinski definition) is 3. The molecule has 3 unspecified atom stereocenters. The molecule has 2 rings (SSSR count). The van der Waals surface area contributed by atoms with Crippen LogP contribution in [-0.2, 0) is 14.4 Å². The van der Waals surface area contributed by atoms with Crippen molar-refractivity contribution in [3.63, 3.8) is 0 Å². The van der Waals surface area contributed by atoms with Gasteiger partial charge in [0.1, 0.15) is 11.9 Å². The summed E-state index contributed by atoms with van der Waals surface area (Å²) < 4.78 is 14.5. The van der Waals surface area contributed by atoms with Crippen molar-refractivity contribution >= 4 is 29.4 Å². The van der Waals surface area contributed by atoms with Crippen LogP contribution in [0.25, 0.3) is 0 Å². The first-order valence-corrected chi connectivity index (χ1v) is 10.4. The quantitative estimate of drug-likeness (QED) is 0.539. The Balaban J connectivity index is 2.41.